The molecule has 0 aliphatic carbocycles. The Labute approximate surface area is 201 Å². The summed E-state index contributed by atoms with van der Waals surface area (Å²) in [6.45, 7) is 5.30. The summed E-state index contributed by atoms with van der Waals surface area (Å²) in [4.78, 5) is 23.1. The highest BCUT2D eigenvalue weighted by molar-refractivity contribution is 5.94. The molecule has 0 saturated carbocycles. The van der Waals surface area contributed by atoms with Crippen LogP contribution in [0, 0.1) is 5.82 Å². The van der Waals surface area contributed by atoms with Crippen LogP contribution < -0.4 is 9.64 Å². The lowest BCUT2D eigenvalue weighted by Crippen LogP contribution is -2.36. The Morgan fingerprint density at radius 3 is 2.80 bits per heavy atom. The lowest BCUT2D eigenvalue weighted by Gasteiger charge is -2.29. The molecule has 178 valence electrons. The Balaban J connectivity index is 1.54. The fraction of sp³-hybridized carbons (Fsp3) is 0.269. The van der Waals surface area contributed by atoms with Gasteiger partial charge in [0.25, 0.3) is 0 Å². The smallest absolute Gasteiger partial charge is 0.141 e. The molecule has 1 aliphatic rings. The molecule has 4 aromatic rings. The Bertz CT molecular complexity index is 1360. The van der Waals surface area contributed by atoms with Gasteiger partial charge in [0.15, 0.2) is 0 Å². The van der Waals surface area contributed by atoms with E-state index in [2.05, 4.69) is 25.1 Å². The zero-order valence-corrected chi connectivity index (χ0v) is 19.2. The predicted octanol–water partition coefficient (Wildman–Crippen LogP) is 3.79. The number of anilines is 1. The number of morpholine rings is 1. The normalized spacial score (nSPS) is 14.6. The number of carbonyl (C=O) groups is 1. The molecule has 0 N–H and O–H groups in total. The van der Waals surface area contributed by atoms with Gasteiger partial charge in [-0.2, -0.15) is 10.2 Å². The van der Waals surface area contributed by atoms with E-state index in [9.17, 15) is 4.79 Å². The quantitative estimate of drug-likeness (QED) is 0.375. The van der Waals surface area contributed by atoms with E-state index in [-0.39, 0.29) is 5.56 Å². The van der Waals surface area contributed by atoms with Crippen molar-refractivity contribution in [3.8, 4) is 17.0 Å². The van der Waals surface area contributed by atoms with Crippen LogP contribution in [0.2, 0.25) is 0 Å². The van der Waals surface area contributed by atoms with Gasteiger partial charge in [0.1, 0.15) is 24.2 Å². The maximum atomic E-state index is 15.1. The van der Waals surface area contributed by atoms with Crippen molar-refractivity contribution in [3.63, 3.8) is 0 Å². The summed E-state index contributed by atoms with van der Waals surface area (Å²) < 4.78 is 26.0. The predicted molar refractivity (Wildman–Crippen MR) is 129 cm³/mol. The zero-order chi connectivity index (χ0) is 24.2. The first-order valence-corrected chi connectivity index (χ1v) is 11.5. The summed E-state index contributed by atoms with van der Waals surface area (Å²) in [5.74, 6) is -0.655. The molecule has 1 aliphatic heterocycles. The van der Waals surface area contributed by atoms with Crippen molar-refractivity contribution in [1.29, 1.82) is 0 Å². The average Bonchev–Trinajstić information content (AvgIpc) is 2.90. The Morgan fingerprint density at radius 2 is 2.00 bits per heavy atom. The minimum atomic E-state index is -0.733. The molecule has 8 nitrogen and oxygen atoms in total. The summed E-state index contributed by atoms with van der Waals surface area (Å²) in [5, 5.41) is 8.77. The SMILES string of the molecule is CCOc1cnnc(C(C=O)c2ccc(F)c(-c3ncnc4cc(N5CCOCC5)ccc34)c2)c1. The van der Waals surface area contributed by atoms with Gasteiger partial charge in [0.05, 0.1) is 48.8 Å². The Morgan fingerprint density at radius 1 is 1.14 bits per heavy atom. The number of aromatic nitrogens is 4. The maximum absolute atomic E-state index is 15.1. The number of halogens is 1. The molecule has 9 heteroatoms. The lowest BCUT2D eigenvalue weighted by atomic mass is 9.93. The topological polar surface area (TPSA) is 90.3 Å². The molecule has 0 spiro atoms. The maximum Gasteiger partial charge on any atom is 0.141 e. The molecule has 0 bridgehead atoms. The van der Waals surface area contributed by atoms with Crippen LogP contribution in [-0.4, -0.2) is 59.4 Å². The number of rotatable bonds is 7. The Kier molecular flexibility index (Phi) is 6.58. The van der Waals surface area contributed by atoms with Crippen LogP contribution in [0.25, 0.3) is 22.2 Å². The Hall–Kier alpha value is -3.98. The van der Waals surface area contributed by atoms with Crippen LogP contribution in [0.4, 0.5) is 10.1 Å². The number of hydrogen-bond donors (Lipinski definition) is 0. The fourth-order valence-electron chi connectivity index (χ4n) is 4.28. The molecule has 5 rings (SSSR count). The van der Waals surface area contributed by atoms with Gasteiger partial charge < -0.3 is 19.2 Å². The molecule has 0 radical (unpaired) electrons. The highest BCUT2D eigenvalue weighted by Crippen LogP contribution is 2.33. The molecule has 35 heavy (non-hydrogen) atoms. The van der Waals surface area contributed by atoms with Crippen molar-refractivity contribution in [2.45, 2.75) is 12.8 Å². The molecule has 1 unspecified atom stereocenters. The second-order valence-electron chi connectivity index (χ2n) is 8.13. The van der Waals surface area contributed by atoms with E-state index in [0.717, 1.165) is 30.4 Å². The minimum Gasteiger partial charge on any atom is -0.492 e. The molecule has 1 saturated heterocycles. The third-order valence-corrected chi connectivity index (χ3v) is 6.02. The van der Waals surface area contributed by atoms with Gasteiger partial charge in [-0.1, -0.05) is 6.07 Å². The molecular weight excluding hydrogens is 449 g/mol. The van der Waals surface area contributed by atoms with Crippen LogP contribution in [0.3, 0.4) is 0 Å². The first-order valence-electron chi connectivity index (χ1n) is 11.5. The number of nitrogens with zero attached hydrogens (tertiary/aromatic N) is 5. The van der Waals surface area contributed by atoms with Crippen LogP contribution in [0.5, 0.6) is 5.75 Å². The van der Waals surface area contributed by atoms with Gasteiger partial charge in [-0.3, -0.25) is 0 Å². The van der Waals surface area contributed by atoms with Gasteiger partial charge in [-0.25, -0.2) is 14.4 Å². The molecule has 3 heterocycles. The van der Waals surface area contributed by atoms with E-state index in [1.807, 2.05) is 25.1 Å². The number of aldehydes is 1. The monoisotopic (exact) mass is 473 g/mol. The average molecular weight is 474 g/mol. The highest BCUT2D eigenvalue weighted by Gasteiger charge is 2.20. The van der Waals surface area contributed by atoms with Gasteiger partial charge in [0.2, 0.25) is 0 Å². The van der Waals surface area contributed by atoms with E-state index in [1.54, 1.807) is 18.2 Å². The van der Waals surface area contributed by atoms with Gasteiger partial charge >= 0.3 is 0 Å². The number of fused-ring (bicyclic) bond motifs is 1. The van der Waals surface area contributed by atoms with E-state index in [0.29, 0.717) is 48.0 Å². The fourth-order valence-corrected chi connectivity index (χ4v) is 4.28. The first-order chi connectivity index (χ1) is 17.2. The summed E-state index contributed by atoms with van der Waals surface area (Å²) in [5.41, 5.74) is 3.50. The molecule has 1 atom stereocenters. The van der Waals surface area contributed by atoms with Crippen molar-refractivity contribution in [1.82, 2.24) is 20.2 Å². The third-order valence-electron chi connectivity index (χ3n) is 6.02. The van der Waals surface area contributed by atoms with E-state index >= 15 is 4.39 Å². The third kappa shape index (κ3) is 4.67. The summed E-state index contributed by atoms with van der Waals surface area (Å²) >= 11 is 0. The van der Waals surface area contributed by atoms with Crippen LogP contribution in [-0.2, 0) is 9.53 Å². The summed E-state index contributed by atoms with van der Waals surface area (Å²) in [6.07, 6.45) is 3.69. The van der Waals surface area contributed by atoms with Gasteiger partial charge in [0, 0.05) is 35.8 Å². The number of carbonyl (C=O) groups excluding carboxylic acids is 1. The van der Waals surface area contributed by atoms with E-state index in [4.69, 9.17) is 9.47 Å². The molecular formula is C26H24FN5O3. The molecule has 2 aromatic heterocycles. The van der Waals surface area contributed by atoms with Crippen LogP contribution in [0.15, 0.2) is 55.0 Å². The molecule has 0 amide bonds. The summed E-state index contributed by atoms with van der Waals surface area (Å²) in [6, 6.07) is 12.1. The van der Waals surface area contributed by atoms with E-state index in [1.165, 1.54) is 18.6 Å². The van der Waals surface area contributed by atoms with Crippen molar-refractivity contribution in [2.75, 3.05) is 37.8 Å². The molecule has 2 aromatic carbocycles. The standard InChI is InChI=1S/C26H24FN5O3/c1-2-35-19-13-25(31-30-14-19)22(15-33)17-3-6-23(27)21(11-17)26-20-5-4-18(12-24(20)28-16-29-26)32-7-9-34-10-8-32/h3-6,11-16,22H,2,7-10H2,1H3. The summed E-state index contributed by atoms with van der Waals surface area (Å²) in [7, 11) is 0. The second-order valence-corrected chi connectivity index (χ2v) is 8.13. The second kappa shape index (κ2) is 10.1. The van der Waals surface area contributed by atoms with Gasteiger partial charge in [-0.15, -0.1) is 0 Å². The van der Waals surface area contributed by atoms with E-state index < -0.39 is 11.7 Å². The number of hydrogen-bond acceptors (Lipinski definition) is 8. The van der Waals surface area contributed by atoms with Crippen LogP contribution in [0.1, 0.15) is 24.1 Å². The number of ether oxygens (including phenoxy) is 2. The zero-order valence-electron chi connectivity index (χ0n) is 19.2. The highest BCUT2D eigenvalue weighted by atomic mass is 19.1. The van der Waals surface area contributed by atoms with Gasteiger partial charge in [-0.05, 0) is 42.8 Å². The van der Waals surface area contributed by atoms with Crippen molar-refractivity contribution in [3.05, 3.63) is 72.1 Å². The molecule has 1 fully saturated rings. The van der Waals surface area contributed by atoms with Crippen LogP contribution >= 0.6 is 0 Å². The largest absolute Gasteiger partial charge is 0.492 e. The first kappa shape index (κ1) is 22.8. The van der Waals surface area contributed by atoms with Crippen molar-refractivity contribution < 1.29 is 18.7 Å². The minimum absolute atomic E-state index is 0.287. The van der Waals surface area contributed by atoms with Crippen molar-refractivity contribution in [2.24, 2.45) is 0 Å². The lowest BCUT2D eigenvalue weighted by molar-refractivity contribution is -0.108. The number of benzene rings is 2. The van der Waals surface area contributed by atoms with Crippen molar-refractivity contribution >= 4 is 22.9 Å².